The summed E-state index contributed by atoms with van der Waals surface area (Å²) in [7, 11) is 2.11. The van der Waals surface area contributed by atoms with Crippen molar-refractivity contribution in [2.45, 2.75) is 24.8 Å². The average Bonchev–Trinajstić information content (AvgIpc) is 2.17. The van der Waals surface area contributed by atoms with Crippen LogP contribution in [0.1, 0.15) is 19.3 Å². The van der Waals surface area contributed by atoms with Crippen molar-refractivity contribution in [2.24, 2.45) is 5.73 Å². The fourth-order valence-electron chi connectivity index (χ4n) is 2.04. The molecule has 2 nitrogen and oxygen atoms in total. The van der Waals surface area contributed by atoms with Gasteiger partial charge in [-0.25, -0.2) is 0 Å². The van der Waals surface area contributed by atoms with Crippen molar-refractivity contribution >= 4 is 5.69 Å². The van der Waals surface area contributed by atoms with Crippen LogP contribution in [0.2, 0.25) is 0 Å². The second-order valence-electron chi connectivity index (χ2n) is 4.41. The first-order valence-corrected chi connectivity index (χ1v) is 5.25. The molecule has 0 aromatic heterocycles. The molecule has 1 fully saturated rings. The standard InChI is InChI=1S/C12H18N2/c1-14(10-12(13)8-5-9-12)11-6-3-2-4-7-11/h2-4,6-7H,5,8-10,13H2,1H3. The van der Waals surface area contributed by atoms with E-state index in [4.69, 9.17) is 5.73 Å². The van der Waals surface area contributed by atoms with Crippen molar-refractivity contribution < 1.29 is 0 Å². The molecule has 2 heteroatoms. The van der Waals surface area contributed by atoms with Gasteiger partial charge in [0.2, 0.25) is 0 Å². The van der Waals surface area contributed by atoms with E-state index in [2.05, 4.69) is 36.2 Å². The Morgan fingerprint density at radius 3 is 2.43 bits per heavy atom. The van der Waals surface area contributed by atoms with E-state index in [1.54, 1.807) is 0 Å². The molecule has 0 atom stereocenters. The smallest absolute Gasteiger partial charge is 0.0364 e. The Balaban J connectivity index is 1.99. The number of hydrogen-bond acceptors (Lipinski definition) is 2. The summed E-state index contributed by atoms with van der Waals surface area (Å²) in [6.45, 7) is 0.969. The van der Waals surface area contributed by atoms with E-state index in [9.17, 15) is 0 Å². The molecule has 0 radical (unpaired) electrons. The maximum Gasteiger partial charge on any atom is 0.0364 e. The van der Waals surface area contributed by atoms with Gasteiger partial charge in [0.25, 0.3) is 0 Å². The highest BCUT2D eigenvalue weighted by Crippen LogP contribution is 2.30. The number of rotatable bonds is 3. The first-order chi connectivity index (χ1) is 6.70. The zero-order chi connectivity index (χ0) is 10.0. The predicted molar refractivity (Wildman–Crippen MR) is 60.5 cm³/mol. The van der Waals surface area contributed by atoms with E-state index < -0.39 is 0 Å². The van der Waals surface area contributed by atoms with Crippen LogP contribution in [-0.2, 0) is 0 Å². The molecule has 0 heterocycles. The number of benzene rings is 1. The van der Waals surface area contributed by atoms with Gasteiger partial charge in [0.15, 0.2) is 0 Å². The minimum Gasteiger partial charge on any atom is -0.373 e. The summed E-state index contributed by atoms with van der Waals surface area (Å²) >= 11 is 0. The Labute approximate surface area is 85.7 Å². The molecule has 0 spiro atoms. The number of likely N-dealkylation sites (N-methyl/N-ethyl adjacent to an activating group) is 1. The molecule has 1 aromatic rings. The maximum atomic E-state index is 6.20. The van der Waals surface area contributed by atoms with Crippen molar-refractivity contribution in [3.8, 4) is 0 Å². The lowest BCUT2D eigenvalue weighted by Crippen LogP contribution is -2.54. The van der Waals surface area contributed by atoms with E-state index in [0.29, 0.717) is 0 Å². The summed E-state index contributed by atoms with van der Waals surface area (Å²) in [4.78, 5) is 2.25. The average molecular weight is 190 g/mol. The van der Waals surface area contributed by atoms with Gasteiger partial charge in [0.05, 0.1) is 0 Å². The Bertz CT molecular complexity index is 290. The molecular formula is C12H18N2. The minimum atomic E-state index is 0.0740. The van der Waals surface area contributed by atoms with Crippen LogP contribution in [0.15, 0.2) is 30.3 Å². The van der Waals surface area contributed by atoms with Gasteiger partial charge in [-0.1, -0.05) is 18.2 Å². The highest BCUT2D eigenvalue weighted by Gasteiger charge is 2.33. The first-order valence-electron chi connectivity index (χ1n) is 5.25. The third-order valence-electron chi connectivity index (χ3n) is 3.10. The number of para-hydroxylation sites is 1. The van der Waals surface area contributed by atoms with Gasteiger partial charge in [0, 0.05) is 24.8 Å². The van der Waals surface area contributed by atoms with E-state index in [0.717, 1.165) is 6.54 Å². The van der Waals surface area contributed by atoms with Gasteiger partial charge in [-0.15, -0.1) is 0 Å². The molecule has 0 bridgehead atoms. The molecule has 2 N–H and O–H groups in total. The fourth-order valence-corrected chi connectivity index (χ4v) is 2.04. The van der Waals surface area contributed by atoms with Crippen molar-refractivity contribution in [3.63, 3.8) is 0 Å². The second kappa shape index (κ2) is 3.62. The monoisotopic (exact) mass is 190 g/mol. The lowest BCUT2D eigenvalue weighted by atomic mass is 9.77. The van der Waals surface area contributed by atoms with E-state index in [-0.39, 0.29) is 5.54 Å². The fraction of sp³-hybridized carbons (Fsp3) is 0.500. The third kappa shape index (κ3) is 1.90. The summed E-state index contributed by atoms with van der Waals surface area (Å²) in [6, 6.07) is 10.4. The van der Waals surface area contributed by atoms with Crippen LogP contribution in [0.5, 0.6) is 0 Å². The van der Waals surface area contributed by atoms with E-state index in [1.807, 2.05) is 6.07 Å². The molecule has 1 aliphatic carbocycles. The normalized spacial score (nSPS) is 18.7. The zero-order valence-corrected chi connectivity index (χ0v) is 8.74. The molecular weight excluding hydrogens is 172 g/mol. The van der Waals surface area contributed by atoms with Crippen LogP contribution < -0.4 is 10.6 Å². The third-order valence-corrected chi connectivity index (χ3v) is 3.10. The summed E-state index contributed by atoms with van der Waals surface area (Å²) in [6.07, 6.45) is 3.63. The highest BCUT2D eigenvalue weighted by molar-refractivity contribution is 5.45. The number of hydrogen-bond donors (Lipinski definition) is 1. The molecule has 0 aliphatic heterocycles. The van der Waals surface area contributed by atoms with Crippen molar-refractivity contribution in [1.29, 1.82) is 0 Å². The molecule has 0 saturated heterocycles. The molecule has 76 valence electrons. The van der Waals surface area contributed by atoms with E-state index >= 15 is 0 Å². The number of nitrogens with zero attached hydrogens (tertiary/aromatic N) is 1. The van der Waals surface area contributed by atoms with Crippen molar-refractivity contribution in [1.82, 2.24) is 0 Å². The lowest BCUT2D eigenvalue weighted by molar-refractivity contribution is 0.255. The zero-order valence-electron chi connectivity index (χ0n) is 8.74. The summed E-state index contributed by atoms with van der Waals surface area (Å²) in [5.41, 5.74) is 7.53. The van der Waals surface area contributed by atoms with Gasteiger partial charge in [0.1, 0.15) is 0 Å². The van der Waals surface area contributed by atoms with Gasteiger partial charge >= 0.3 is 0 Å². The van der Waals surface area contributed by atoms with Crippen LogP contribution in [0, 0.1) is 0 Å². The topological polar surface area (TPSA) is 29.3 Å². The lowest BCUT2D eigenvalue weighted by Gasteiger charge is -2.41. The van der Waals surface area contributed by atoms with Crippen LogP contribution in [0.4, 0.5) is 5.69 Å². The molecule has 1 saturated carbocycles. The van der Waals surface area contributed by atoms with Crippen LogP contribution in [0.25, 0.3) is 0 Å². The number of nitrogens with two attached hydrogens (primary N) is 1. The SMILES string of the molecule is CN(CC1(N)CCC1)c1ccccc1. The van der Waals surface area contributed by atoms with Gasteiger partial charge < -0.3 is 10.6 Å². The number of anilines is 1. The largest absolute Gasteiger partial charge is 0.373 e. The molecule has 0 amide bonds. The first kappa shape index (κ1) is 9.53. The second-order valence-corrected chi connectivity index (χ2v) is 4.41. The van der Waals surface area contributed by atoms with E-state index in [1.165, 1.54) is 24.9 Å². The summed E-state index contributed by atoms with van der Waals surface area (Å²) in [5.74, 6) is 0. The van der Waals surface area contributed by atoms with Crippen LogP contribution >= 0.6 is 0 Å². The predicted octanol–water partition coefficient (Wildman–Crippen LogP) is 2.00. The molecule has 1 aliphatic rings. The van der Waals surface area contributed by atoms with Gasteiger partial charge in [-0.3, -0.25) is 0 Å². The van der Waals surface area contributed by atoms with Crippen LogP contribution in [-0.4, -0.2) is 19.1 Å². The molecule has 1 aromatic carbocycles. The molecule has 2 rings (SSSR count). The summed E-state index contributed by atoms with van der Waals surface area (Å²) < 4.78 is 0. The molecule has 0 unspecified atom stereocenters. The minimum absolute atomic E-state index is 0.0740. The maximum absolute atomic E-state index is 6.20. The van der Waals surface area contributed by atoms with Crippen LogP contribution in [0.3, 0.4) is 0 Å². The van der Waals surface area contributed by atoms with Crippen molar-refractivity contribution in [2.75, 3.05) is 18.5 Å². The Morgan fingerprint density at radius 1 is 1.29 bits per heavy atom. The highest BCUT2D eigenvalue weighted by atomic mass is 15.1. The Morgan fingerprint density at radius 2 is 1.93 bits per heavy atom. The van der Waals surface area contributed by atoms with Gasteiger partial charge in [-0.2, -0.15) is 0 Å². The van der Waals surface area contributed by atoms with Crippen molar-refractivity contribution in [3.05, 3.63) is 30.3 Å². The molecule has 14 heavy (non-hydrogen) atoms. The quantitative estimate of drug-likeness (QED) is 0.790. The van der Waals surface area contributed by atoms with Gasteiger partial charge in [-0.05, 0) is 31.4 Å². The Kier molecular flexibility index (Phi) is 2.46. The Hall–Kier alpha value is -1.02. The summed E-state index contributed by atoms with van der Waals surface area (Å²) in [5, 5.41) is 0.